The van der Waals surface area contributed by atoms with E-state index in [1.165, 1.54) is 11.8 Å². The summed E-state index contributed by atoms with van der Waals surface area (Å²) in [6.45, 7) is 0. The number of hydrogen-bond acceptors (Lipinski definition) is 4. The highest BCUT2D eigenvalue weighted by Crippen LogP contribution is 2.33. The molecule has 1 amide bonds. The molecule has 0 atom stereocenters. The van der Waals surface area contributed by atoms with E-state index in [4.69, 9.17) is 11.6 Å². The Morgan fingerprint density at radius 1 is 1.00 bits per heavy atom. The molecule has 0 aliphatic rings. The molecule has 0 fully saturated rings. The minimum atomic E-state index is -0.0227. The van der Waals surface area contributed by atoms with Crippen molar-refractivity contribution in [3.8, 4) is 17.1 Å². The first-order valence-electron chi connectivity index (χ1n) is 10.3. The normalized spacial score (nSPS) is 11.1. The van der Waals surface area contributed by atoms with Crippen molar-refractivity contribution < 1.29 is 4.79 Å². The fraction of sp³-hybridized carbons (Fsp3) is 0.0800. The summed E-state index contributed by atoms with van der Waals surface area (Å²) in [4.78, 5) is 17.8. The molecule has 0 aliphatic carbocycles. The van der Waals surface area contributed by atoms with Gasteiger partial charge in [0.25, 0.3) is 0 Å². The van der Waals surface area contributed by atoms with E-state index in [1.807, 2.05) is 89.6 Å². The van der Waals surface area contributed by atoms with E-state index in [1.54, 1.807) is 11.9 Å². The summed E-state index contributed by atoms with van der Waals surface area (Å²) in [5.74, 6) is 0.900. The number of fused-ring (bicyclic) bond motifs is 1. The number of amides is 1. The van der Waals surface area contributed by atoms with Crippen LogP contribution in [0.5, 0.6) is 0 Å². The highest BCUT2D eigenvalue weighted by Gasteiger charge is 2.20. The van der Waals surface area contributed by atoms with Crippen molar-refractivity contribution in [3.63, 3.8) is 0 Å². The van der Waals surface area contributed by atoms with E-state index in [0.29, 0.717) is 16.0 Å². The zero-order chi connectivity index (χ0) is 22.8. The second-order valence-corrected chi connectivity index (χ2v) is 8.82. The summed E-state index contributed by atoms with van der Waals surface area (Å²) < 4.78 is 1.96. The summed E-state index contributed by atoms with van der Waals surface area (Å²) in [5.41, 5.74) is 3.68. The molecule has 1 N–H and O–H groups in total. The second kappa shape index (κ2) is 9.13. The number of H-pyrrole nitrogens is 1. The monoisotopic (exact) mass is 473 g/mol. The van der Waals surface area contributed by atoms with Crippen LogP contribution in [0.3, 0.4) is 0 Å². The number of carbonyl (C=O) groups excluding carboxylic acids is 1. The Kier molecular flexibility index (Phi) is 5.90. The lowest BCUT2D eigenvalue weighted by molar-refractivity contribution is -0.115. The van der Waals surface area contributed by atoms with Crippen LogP contribution in [0.25, 0.3) is 28.0 Å². The Morgan fingerprint density at radius 3 is 2.52 bits per heavy atom. The Morgan fingerprint density at radius 2 is 1.73 bits per heavy atom. The van der Waals surface area contributed by atoms with Gasteiger partial charge in [0.2, 0.25) is 5.91 Å². The molecule has 0 aliphatic heterocycles. The van der Waals surface area contributed by atoms with Crippen LogP contribution in [0.15, 0.2) is 90.2 Å². The van der Waals surface area contributed by atoms with Crippen molar-refractivity contribution in [2.45, 2.75) is 5.16 Å². The third-order valence-electron chi connectivity index (χ3n) is 5.39. The standard InChI is InChI=1S/C25H20ClN5OS/c1-30(18-7-3-2-4-8-18)23(32)16-33-25-29-28-24(31(25)19-13-11-17(26)12-14-19)21-15-27-22-10-6-5-9-20(21)22/h2-15,27H,16H2,1H3. The Labute approximate surface area is 200 Å². The first-order valence-corrected chi connectivity index (χ1v) is 11.7. The van der Waals surface area contributed by atoms with Gasteiger partial charge in [0.1, 0.15) is 0 Å². The van der Waals surface area contributed by atoms with E-state index >= 15 is 0 Å². The Bertz CT molecular complexity index is 1410. The van der Waals surface area contributed by atoms with Crippen molar-refractivity contribution in [2.75, 3.05) is 17.7 Å². The number of anilines is 1. The fourth-order valence-electron chi connectivity index (χ4n) is 3.64. The minimum Gasteiger partial charge on any atom is -0.360 e. The lowest BCUT2D eigenvalue weighted by Crippen LogP contribution is -2.27. The molecule has 33 heavy (non-hydrogen) atoms. The maximum Gasteiger partial charge on any atom is 0.237 e. The Balaban J connectivity index is 1.50. The zero-order valence-electron chi connectivity index (χ0n) is 17.8. The number of aromatic nitrogens is 4. The molecule has 5 rings (SSSR count). The maximum atomic E-state index is 12.8. The lowest BCUT2D eigenvalue weighted by Gasteiger charge is -2.17. The highest BCUT2D eigenvalue weighted by molar-refractivity contribution is 7.99. The van der Waals surface area contributed by atoms with E-state index in [0.717, 1.165) is 27.8 Å². The number of carbonyl (C=O) groups is 1. The number of benzene rings is 3. The molecule has 0 spiro atoms. The van der Waals surface area contributed by atoms with Crippen LogP contribution in [-0.2, 0) is 4.79 Å². The van der Waals surface area contributed by atoms with Crippen molar-refractivity contribution >= 4 is 45.9 Å². The van der Waals surface area contributed by atoms with E-state index in [9.17, 15) is 4.79 Å². The summed E-state index contributed by atoms with van der Waals surface area (Å²) in [7, 11) is 1.78. The van der Waals surface area contributed by atoms with Gasteiger partial charge in [0.15, 0.2) is 11.0 Å². The van der Waals surface area contributed by atoms with Gasteiger partial charge in [-0.1, -0.05) is 59.8 Å². The van der Waals surface area contributed by atoms with Crippen LogP contribution in [0.1, 0.15) is 0 Å². The van der Waals surface area contributed by atoms with Crippen LogP contribution >= 0.6 is 23.4 Å². The van der Waals surface area contributed by atoms with Crippen molar-refractivity contribution in [1.82, 2.24) is 19.7 Å². The number of aromatic amines is 1. The molecule has 164 valence electrons. The number of nitrogens with zero attached hydrogens (tertiary/aromatic N) is 4. The molecule has 6 nitrogen and oxygen atoms in total. The van der Waals surface area contributed by atoms with E-state index < -0.39 is 0 Å². The van der Waals surface area contributed by atoms with E-state index in [2.05, 4.69) is 15.2 Å². The quantitative estimate of drug-likeness (QED) is 0.315. The largest absolute Gasteiger partial charge is 0.360 e. The van der Waals surface area contributed by atoms with Gasteiger partial charge in [0.05, 0.1) is 5.75 Å². The average Bonchev–Trinajstić information content (AvgIpc) is 3.47. The number of rotatable bonds is 6. The van der Waals surface area contributed by atoms with Gasteiger partial charge in [-0.15, -0.1) is 10.2 Å². The second-order valence-electron chi connectivity index (χ2n) is 7.44. The van der Waals surface area contributed by atoms with Gasteiger partial charge in [-0.2, -0.15) is 0 Å². The number of hydrogen-bond donors (Lipinski definition) is 1. The fourth-order valence-corrected chi connectivity index (χ4v) is 4.63. The molecular formula is C25H20ClN5OS. The molecule has 5 aromatic rings. The third kappa shape index (κ3) is 4.25. The summed E-state index contributed by atoms with van der Waals surface area (Å²) in [6.07, 6.45) is 1.93. The molecule has 0 saturated heterocycles. The predicted octanol–water partition coefficient (Wildman–Crippen LogP) is 5.82. The van der Waals surface area contributed by atoms with Crippen LogP contribution in [0.4, 0.5) is 5.69 Å². The number of halogens is 1. The molecule has 2 heterocycles. The molecule has 3 aromatic carbocycles. The molecule has 0 radical (unpaired) electrons. The maximum absolute atomic E-state index is 12.8. The van der Waals surface area contributed by atoms with Crippen LogP contribution in [0, 0.1) is 0 Å². The van der Waals surface area contributed by atoms with Gasteiger partial charge in [-0.05, 0) is 42.5 Å². The van der Waals surface area contributed by atoms with E-state index in [-0.39, 0.29) is 11.7 Å². The Hall–Kier alpha value is -3.55. The molecular weight excluding hydrogens is 454 g/mol. The number of thioether (sulfide) groups is 1. The SMILES string of the molecule is CN(C(=O)CSc1nnc(-c2c[nH]c3ccccc23)n1-c1ccc(Cl)cc1)c1ccccc1. The number of para-hydroxylation sites is 2. The van der Waals surface area contributed by atoms with Gasteiger partial charge < -0.3 is 9.88 Å². The summed E-state index contributed by atoms with van der Waals surface area (Å²) in [6, 6.07) is 25.1. The smallest absolute Gasteiger partial charge is 0.237 e. The minimum absolute atomic E-state index is 0.0227. The predicted molar refractivity (Wildman–Crippen MR) is 134 cm³/mol. The molecule has 0 bridgehead atoms. The lowest BCUT2D eigenvalue weighted by atomic mass is 10.1. The zero-order valence-corrected chi connectivity index (χ0v) is 19.3. The number of nitrogens with one attached hydrogen (secondary N) is 1. The first-order chi connectivity index (χ1) is 16.1. The van der Waals surface area contributed by atoms with Gasteiger partial charge in [-0.25, -0.2) is 0 Å². The summed E-state index contributed by atoms with van der Waals surface area (Å²) in [5, 5.41) is 11.3. The molecule has 8 heteroatoms. The molecule has 2 aromatic heterocycles. The average molecular weight is 474 g/mol. The van der Waals surface area contributed by atoms with Crippen molar-refractivity contribution in [3.05, 3.63) is 90.1 Å². The van der Waals surface area contributed by atoms with Crippen molar-refractivity contribution in [2.24, 2.45) is 0 Å². The molecule has 0 unspecified atom stereocenters. The van der Waals surface area contributed by atoms with Crippen LogP contribution in [-0.4, -0.2) is 38.5 Å². The molecule has 0 saturated carbocycles. The van der Waals surface area contributed by atoms with Gasteiger partial charge in [0, 0.05) is 46.1 Å². The van der Waals surface area contributed by atoms with Crippen LogP contribution in [0.2, 0.25) is 5.02 Å². The topological polar surface area (TPSA) is 66.8 Å². The van der Waals surface area contributed by atoms with Gasteiger partial charge in [-0.3, -0.25) is 9.36 Å². The van der Waals surface area contributed by atoms with Gasteiger partial charge >= 0.3 is 0 Å². The van der Waals surface area contributed by atoms with Crippen LogP contribution < -0.4 is 4.90 Å². The van der Waals surface area contributed by atoms with Crippen molar-refractivity contribution in [1.29, 1.82) is 0 Å². The first kappa shape index (κ1) is 21.3. The highest BCUT2D eigenvalue weighted by atomic mass is 35.5. The summed E-state index contributed by atoms with van der Waals surface area (Å²) >= 11 is 7.48. The third-order valence-corrected chi connectivity index (χ3v) is 6.56.